The van der Waals surface area contributed by atoms with E-state index in [2.05, 4.69) is 10.0 Å². The van der Waals surface area contributed by atoms with Crippen LogP contribution in [0.1, 0.15) is 46.8 Å². The Labute approximate surface area is 245 Å². The second-order valence-corrected chi connectivity index (χ2v) is 11.9. The van der Waals surface area contributed by atoms with Crippen LogP contribution < -0.4 is 14.8 Å². The number of sulfonamides is 1. The van der Waals surface area contributed by atoms with Gasteiger partial charge in [0.25, 0.3) is 0 Å². The molecule has 0 aliphatic heterocycles. The Kier molecular flexibility index (Phi) is 9.60. The lowest BCUT2D eigenvalue weighted by molar-refractivity contribution is -0.117. The molecule has 212 valence electrons. The van der Waals surface area contributed by atoms with Crippen LogP contribution in [0.2, 0.25) is 5.02 Å². The van der Waals surface area contributed by atoms with Crippen LogP contribution in [0.5, 0.6) is 5.75 Å². The molecule has 9 heteroatoms. The van der Waals surface area contributed by atoms with Crippen LogP contribution in [0.15, 0.2) is 102 Å². The van der Waals surface area contributed by atoms with Gasteiger partial charge >= 0.3 is 0 Å². The van der Waals surface area contributed by atoms with Gasteiger partial charge in [-0.2, -0.15) is 4.72 Å². The number of methoxy groups -OCH3 is 1. The van der Waals surface area contributed by atoms with Gasteiger partial charge in [-0.3, -0.25) is 9.59 Å². The molecular weight excluding hydrogens is 560 g/mol. The van der Waals surface area contributed by atoms with E-state index in [1.54, 1.807) is 60.7 Å². The highest BCUT2D eigenvalue weighted by molar-refractivity contribution is 7.89. The van der Waals surface area contributed by atoms with Gasteiger partial charge in [0.2, 0.25) is 15.9 Å². The fourth-order valence-electron chi connectivity index (χ4n) is 4.33. The summed E-state index contributed by atoms with van der Waals surface area (Å²) in [7, 11) is -2.82. The minimum atomic E-state index is -4.22. The number of ketones is 1. The van der Waals surface area contributed by atoms with Gasteiger partial charge in [0.05, 0.1) is 12.8 Å². The van der Waals surface area contributed by atoms with Crippen molar-refractivity contribution in [2.75, 3.05) is 12.4 Å². The number of rotatable bonds is 11. The fourth-order valence-corrected chi connectivity index (χ4v) is 5.90. The highest BCUT2D eigenvalue weighted by atomic mass is 35.5. The normalized spacial score (nSPS) is 12.1. The molecule has 0 heterocycles. The van der Waals surface area contributed by atoms with Crippen LogP contribution in [0.25, 0.3) is 0 Å². The Morgan fingerprint density at radius 2 is 1.54 bits per heavy atom. The van der Waals surface area contributed by atoms with Crippen molar-refractivity contribution in [3.63, 3.8) is 0 Å². The summed E-state index contributed by atoms with van der Waals surface area (Å²) in [5.74, 6) is -0.738. The predicted octanol–water partition coefficient (Wildman–Crippen LogP) is 6.23. The van der Waals surface area contributed by atoms with E-state index >= 15 is 0 Å². The van der Waals surface area contributed by atoms with Gasteiger partial charge < -0.3 is 10.1 Å². The largest absolute Gasteiger partial charge is 0.495 e. The smallest absolute Gasteiger partial charge is 0.245 e. The van der Waals surface area contributed by atoms with Crippen molar-refractivity contribution in [1.82, 2.24) is 4.72 Å². The molecule has 0 aliphatic carbocycles. The molecule has 0 saturated heterocycles. The van der Waals surface area contributed by atoms with Crippen molar-refractivity contribution in [3.8, 4) is 5.75 Å². The molecule has 4 aromatic carbocycles. The third-order valence-corrected chi connectivity index (χ3v) is 8.29. The van der Waals surface area contributed by atoms with Crippen LogP contribution >= 0.6 is 11.6 Å². The number of hydrogen-bond donors (Lipinski definition) is 2. The molecule has 7 nitrogen and oxygen atoms in total. The fraction of sp³-hybridized carbons (Fsp3) is 0.188. The lowest BCUT2D eigenvalue weighted by atomic mass is 10.0. The lowest BCUT2D eigenvalue weighted by Gasteiger charge is -2.21. The third kappa shape index (κ3) is 7.41. The Morgan fingerprint density at radius 3 is 2.17 bits per heavy atom. The van der Waals surface area contributed by atoms with Crippen molar-refractivity contribution < 1.29 is 22.7 Å². The summed E-state index contributed by atoms with van der Waals surface area (Å²) in [6.07, 6.45) is 0.0631. The summed E-state index contributed by atoms with van der Waals surface area (Å²) in [4.78, 5) is 27.0. The summed E-state index contributed by atoms with van der Waals surface area (Å²) in [6.45, 7) is 3.91. The first-order valence-corrected chi connectivity index (χ1v) is 14.9. The molecule has 1 atom stereocenters. The van der Waals surface area contributed by atoms with Gasteiger partial charge in [-0.25, -0.2) is 8.42 Å². The number of halogens is 1. The average Bonchev–Trinajstić information content (AvgIpc) is 2.97. The number of ether oxygens (including phenoxy) is 1. The Balaban J connectivity index is 1.70. The Morgan fingerprint density at radius 1 is 0.878 bits per heavy atom. The lowest BCUT2D eigenvalue weighted by Crippen LogP contribution is -2.45. The van der Waals surface area contributed by atoms with E-state index in [0.717, 1.165) is 11.1 Å². The number of hydrogen-bond acceptors (Lipinski definition) is 5. The summed E-state index contributed by atoms with van der Waals surface area (Å²) in [5, 5.41) is 3.08. The SMILES string of the molecule is COc1ccc(C(C)C)cc1S(=O)(=O)NC(Cc1ccccc1)C(=O)Nc1ccc(Cl)cc1C(=O)c1ccccc1. The molecule has 0 aromatic heterocycles. The predicted molar refractivity (Wildman–Crippen MR) is 161 cm³/mol. The van der Waals surface area contributed by atoms with Crippen LogP contribution in [-0.4, -0.2) is 33.3 Å². The minimum Gasteiger partial charge on any atom is -0.495 e. The third-order valence-electron chi connectivity index (χ3n) is 6.56. The number of nitrogens with one attached hydrogen (secondary N) is 2. The maximum atomic E-state index is 13.7. The van der Waals surface area contributed by atoms with E-state index in [1.807, 2.05) is 38.1 Å². The molecule has 0 spiro atoms. The molecule has 0 aliphatic rings. The molecular formula is C32H31ClN2O5S. The molecule has 0 fully saturated rings. The van der Waals surface area contributed by atoms with Crippen LogP contribution in [-0.2, 0) is 21.2 Å². The number of amides is 1. The second kappa shape index (κ2) is 13.1. The van der Waals surface area contributed by atoms with Crippen molar-refractivity contribution in [3.05, 3.63) is 124 Å². The standard InChI is InChI=1S/C32H31ClN2O5S/c1-21(2)24-14-17-29(40-3)30(19-24)41(38,39)35-28(18-22-10-6-4-7-11-22)32(37)34-27-16-15-25(33)20-26(27)31(36)23-12-8-5-9-13-23/h4-17,19-21,28,35H,18H2,1-3H3,(H,34,37). The molecule has 0 saturated carbocycles. The maximum absolute atomic E-state index is 13.7. The van der Waals surface area contributed by atoms with Gasteiger partial charge in [0, 0.05) is 16.1 Å². The first kappa shape index (κ1) is 30.0. The van der Waals surface area contributed by atoms with Gasteiger partial charge in [-0.05, 0) is 53.8 Å². The Bertz CT molecular complexity index is 1640. The van der Waals surface area contributed by atoms with E-state index in [0.29, 0.717) is 10.6 Å². The zero-order chi connectivity index (χ0) is 29.6. The zero-order valence-corrected chi connectivity index (χ0v) is 24.5. The summed E-state index contributed by atoms with van der Waals surface area (Å²) >= 11 is 6.20. The van der Waals surface area contributed by atoms with Crippen molar-refractivity contribution in [2.45, 2.75) is 37.1 Å². The zero-order valence-electron chi connectivity index (χ0n) is 22.9. The molecule has 4 rings (SSSR count). The van der Waals surface area contributed by atoms with Crippen LogP contribution in [0, 0.1) is 0 Å². The quantitative estimate of drug-likeness (QED) is 0.202. The molecule has 0 bridgehead atoms. The molecule has 41 heavy (non-hydrogen) atoms. The highest BCUT2D eigenvalue weighted by Gasteiger charge is 2.30. The molecule has 2 N–H and O–H groups in total. The van der Waals surface area contributed by atoms with Crippen molar-refractivity contribution in [1.29, 1.82) is 0 Å². The topological polar surface area (TPSA) is 102 Å². The van der Waals surface area contributed by atoms with E-state index in [4.69, 9.17) is 16.3 Å². The van der Waals surface area contributed by atoms with Crippen molar-refractivity contribution in [2.24, 2.45) is 0 Å². The number of anilines is 1. The second-order valence-electron chi connectivity index (χ2n) is 9.80. The van der Waals surface area contributed by atoms with Crippen LogP contribution in [0.4, 0.5) is 5.69 Å². The summed E-state index contributed by atoms with van der Waals surface area (Å²) < 4.78 is 35.3. The first-order chi connectivity index (χ1) is 19.6. The summed E-state index contributed by atoms with van der Waals surface area (Å²) in [6, 6.07) is 26.0. The molecule has 1 unspecified atom stereocenters. The number of benzene rings is 4. The van der Waals surface area contributed by atoms with E-state index in [-0.39, 0.29) is 40.0 Å². The van der Waals surface area contributed by atoms with Gasteiger partial charge in [-0.15, -0.1) is 0 Å². The average molecular weight is 591 g/mol. The highest BCUT2D eigenvalue weighted by Crippen LogP contribution is 2.29. The number of carbonyl (C=O) groups excluding carboxylic acids is 2. The van der Waals surface area contributed by atoms with Crippen LogP contribution in [0.3, 0.4) is 0 Å². The van der Waals surface area contributed by atoms with Crippen molar-refractivity contribution >= 4 is 39.0 Å². The van der Waals surface area contributed by atoms with Gasteiger partial charge in [-0.1, -0.05) is 92.2 Å². The minimum absolute atomic E-state index is 0.0631. The first-order valence-electron chi connectivity index (χ1n) is 13.0. The van der Waals surface area contributed by atoms with E-state index in [1.165, 1.54) is 19.2 Å². The molecule has 4 aromatic rings. The summed E-state index contributed by atoms with van der Waals surface area (Å²) in [5.41, 5.74) is 2.37. The van der Waals surface area contributed by atoms with E-state index < -0.39 is 22.0 Å². The number of carbonyl (C=O) groups is 2. The van der Waals surface area contributed by atoms with E-state index in [9.17, 15) is 18.0 Å². The van der Waals surface area contributed by atoms with Gasteiger partial charge in [0.15, 0.2) is 5.78 Å². The Hall–Kier alpha value is -3.98. The molecule has 1 amide bonds. The molecule has 0 radical (unpaired) electrons. The monoisotopic (exact) mass is 590 g/mol. The van der Waals surface area contributed by atoms with Gasteiger partial charge in [0.1, 0.15) is 16.7 Å². The maximum Gasteiger partial charge on any atom is 0.245 e.